The van der Waals surface area contributed by atoms with Crippen LogP contribution in [0.5, 0.6) is 0 Å². The first-order valence-corrected chi connectivity index (χ1v) is 7.06. The maximum atomic E-state index is 7.39. The molecule has 0 radical (unpaired) electrons. The highest BCUT2D eigenvalue weighted by atomic mass is 16.5. The van der Waals surface area contributed by atoms with Crippen molar-refractivity contribution in [3.05, 3.63) is 71.5 Å². The zero-order valence-corrected chi connectivity index (χ0v) is 12.9. The van der Waals surface area contributed by atoms with E-state index < -0.39 is 0 Å². The summed E-state index contributed by atoms with van der Waals surface area (Å²) in [6.07, 6.45) is 3.67. The van der Waals surface area contributed by atoms with E-state index in [1.165, 1.54) is 0 Å². The Hall–Kier alpha value is -2.93. The van der Waals surface area contributed by atoms with Gasteiger partial charge in [0.2, 0.25) is 5.69 Å². The van der Waals surface area contributed by atoms with Crippen molar-refractivity contribution in [1.29, 1.82) is 0 Å². The third-order valence-corrected chi connectivity index (χ3v) is 3.88. The van der Waals surface area contributed by atoms with Crippen molar-refractivity contribution in [1.82, 2.24) is 0 Å². The Kier molecular flexibility index (Phi) is 3.48. The highest BCUT2D eigenvalue weighted by molar-refractivity contribution is 5.71. The molecule has 1 aromatic carbocycles. The lowest BCUT2D eigenvalue weighted by atomic mass is 10.0. The van der Waals surface area contributed by atoms with Crippen LogP contribution in [0.25, 0.3) is 21.8 Å². The van der Waals surface area contributed by atoms with E-state index >= 15 is 0 Å². The molecule has 4 heteroatoms. The molecule has 4 nitrogen and oxygen atoms in total. The van der Waals surface area contributed by atoms with E-state index in [2.05, 4.69) is 29.3 Å². The summed E-state index contributed by atoms with van der Waals surface area (Å²) in [5, 5.41) is 0. The van der Waals surface area contributed by atoms with E-state index in [-0.39, 0.29) is 0 Å². The molecule has 0 fully saturated rings. The molecule has 3 rings (SSSR count). The van der Waals surface area contributed by atoms with Crippen LogP contribution in [0.1, 0.15) is 11.3 Å². The molecule has 0 amide bonds. The first-order valence-electron chi connectivity index (χ1n) is 7.06. The second kappa shape index (κ2) is 5.45. The molecule has 0 N–H and O–H groups in total. The van der Waals surface area contributed by atoms with E-state index in [1.807, 2.05) is 43.6 Å². The minimum atomic E-state index is 0.618. The van der Waals surface area contributed by atoms with Gasteiger partial charge in [-0.15, -0.1) is 0 Å². The van der Waals surface area contributed by atoms with Gasteiger partial charge in [0.15, 0.2) is 30.9 Å². The number of aromatic nitrogens is 2. The molecular weight excluding hydrogens is 274 g/mol. The molecule has 0 saturated carbocycles. The van der Waals surface area contributed by atoms with Crippen molar-refractivity contribution in [3.8, 4) is 16.9 Å². The summed E-state index contributed by atoms with van der Waals surface area (Å²) in [5.74, 6) is 0. The van der Waals surface area contributed by atoms with Gasteiger partial charge in [-0.1, -0.05) is 6.07 Å². The Balaban J connectivity index is 2.31. The number of hydrogen-bond acceptors (Lipinski definition) is 1. The van der Waals surface area contributed by atoms with Gasteiger partial charge in [0.25, 0.3) is 5.69 Å². The van der Waals surface area contributed by atoms with E-state index in [9.17, 15) is 0 Å². The average Bonchev–Trinajstić information content (AvgIpc) is 2.94. The molecular formula is C18H17N3O+2. The smallest absolute Gasteiger partial charge is 0.244 e. The lowest BCUT2D eigenvalue weighted by Crippen LogP contribution is -2.35. The Morgan fingerprint density at radius 1 is 1.14 bits per heavy atom. The molecule has 0 spiro atoms. The van der Waals surface area contributed by atoms with Crippen molar-refractivity contribution in [2.75, 3.05) is 0 Å². The largest absolute Gasteiger partial charge is 0.260 e. The van der Waals surface area contributed by atoms with E-state index in [1.54, 1.807) is 11.0 Å². The molecule has 0 aliphatic heterocycles. The van der Waals surface area contributed by atoms with Gasteiger partial charge in [-0.25, -0.2) is 9.37 Å². The fraction of sp³-hybridized carbons (Fsp3) is 0.167. The average molecular weight is 291 g/mol. The highest BCUT2D eigenvalue weighted by Crippen LogP contribution is 2.29. The van der Waals surface area contributed by atoms with Crippen LogP contribution in [0, 0.1) is 20.4 Å². The number of rotatable bonds is 2. The maximum Gasteiger partial charge on any atom is 0.260 e. The lowest BCUT2D eigenvalue weighted by molar-refractivity contribution is -0.836. The van der Waals surface area contributed by atoms with Crippen LogP contribution < -0.4 is 9.31 Å². The van der Waals surface area contributed by atoms with Crippen LogP contribution in [-0.4, -0.2) is 0 Å². The minimum Gasteiger partial charge on any atom is -0.244 e. The second-order valence-corrected chi connectivity index (χ2v) is 5.25. The van der Waals surface area contributed by atoms with Gasteiger partial charge >= 0.3 is 0 Å². The molecule has 0 aliphatic carbocycles. The Morgan fingerprint density at radius 2 is 1.95 bits per heavy atom. The summed E-state index contributed by atoms with van der Waals surface area (Å²) in [6.45, 7) is 11.5. The number of hydrogen-bond donors (Lipinski definition) is 0. The van der Waals surface area contributed by atoms with Crippen LogP contribution in [0.2, 0.25) is 0 Å². The van der Waals surface area contributed by atoms with E-state index in [0.29, 0.717) is 5.69 Å². The van der Waals surface area contributed by atoms with Crippen LogP contribution >= 0.6 is 0 Å². The summed E-state index contributed by atoms with van der Waals surface area (Å²) in [4.78, 5) is 3.62. The molecule has 2 aromatic heterocycles. The van der Waals surface area contributed by atoms with Crippen molar-refractivity contribution >= 4 is 5.69 Å². The first-order chi connectivity index (χ1) is 10.6. The minimum absolute atomic E-state index is 0.618. The van der Waals surface area contributed by atoms with Crippen molar-refractivity contribution in [2.24, 2.45) is 7.05 Å². The van der Waals surface area contributed by atoms with Gasteiger partial charge in [0.1, 0.15) is 0 Å². The zero-order valence-electron chi connectivity index (χ0n) is 12.9. The third kappa shape index (κ3) is 2.27. The van der Waals surface area contributed by atoms with Crippen LogP contribution in [0.3, 0.4) is 0 Å². The van der Waals surface area contributed by atoms with Crippen LogP contribution in [0.15, 0.2) is 53.4 Å². The predicted molar refractivity (Wildman–Crippen MR) is 82.6 cm³/mol. The van der Waals surface area contributed by atoms with Crippen LogP contribution in [-0.2, 0) is 7.05 Å². The summed E-state index contributed by atoms with van der Waals surface area (Å²) in [6, 6.07) is 11.8. The molecule has 2 heterocycles. The second-order valence-electron chi connectivity index (χ2n) is 5.25. The Labute approximate surface area is 129 Å². The SMILES string of the molecule is [C-]#[N+]c1cc(-c2cco[n+]2C)c(C)c(-[n+]2ccccc2C)c1. The molecule has 0 atom stereocenters. The quantitative estimate of drug-likeness (QED) is 0.526. The van der Waals surface area contributed by atoms with Gasteiger partial charge in [-0.3, -0.25) is 0 Å². The van der Waals surface area contributed by atoms with Crippen molar-refractivity contribution in [3.63, 3.8) is 0 Å². The third-order valence-electron chi connectivity index (χ3n) is 3.88. The lowest BCUT2D eigenvalue weighted by Gasteiger charge is -2.07. The van der Waals surface area contributed by atoms with Crippen molar-refractivity contribution in [2.45, 2.75) is 13.8 Å². The Morgan fingerprint density at radius 3 is 2.59 bits per heavy atom. The molecule has 0 aliphatic rings. The number of pyridine rings is 1. The number of aryl methyl sites for hydroxylation is 2. The van der Waals surface area contributed by atoms with Gasteiger partial charge in [-0.05, 0) is 17.7 Å². The monoisotopic (exact) mass is 291 g/mol. The van der Waals surface area contributed by atoms with Crippen LogP contribution in [0.4, 0.5) is 5.69 Å². The molecule has 0 unspecified atom stereocenters. The fourth-order valence-corrected chi connectivity index (χ4v) is 2.67. The molecule has 0 saturated heterocycles. The molecule has 22 heavy (non-hydrogen) atoms. The van der Waals surface area contributed by atoms with Crippen molar-refractivity contribution < 1.29 is 13.8 Å². The maximum absolute atomic E-state index is 7.39. The van der Waals surface area contributed by atoms with Gasteiger partial charge < -0.3 is 0 Å². The van der Waals surface area contributed by atoms with E-state index in [0.717, 1.165) is 28.2 Å². The summed E-state index contributed by atoms with van der Waals surface area (Å²) in [7, 11) is 1.86. The molecule has 3 aromatic rings. The predicted octanol–water partition coefficient (Wildman–Crippen LogP) is 3.22. The highest BCUT2D eigenvalue weighted by Gasteiger charge is 2.23. The number of benzene rings is 1. The van der Waals surface area contributed by atoms with Gasteiger partial charge in [-0.2, -0.15) is 4.57 Å². The summed E-state index contributed by atoms with van der Waals surface area (Å²) >= 11 is 0. The topological polar surface area (TPSA) is 25.3 Å². The van der Waals surface area contributed by atoms with Gasteiger partial charge in [0, 0.05) is 36.2 Å². The molecule has 0 bridgehead atoms. The summed E-state index contributed by atoms with van der Waals surface area (Å²) < 4.78 is 9.16. The normalized spacial score (nSPS) is 10.5. The summed E-state index contributed by atoms with van der Waals surface area (Å²) in [5.41, 5.74) is 5.84. The van der Waals surface area contributed by atoms with Gasteiger partial charge in [0.05, 0.1) is 12.6 Å². The fourth-order valence-electron chi connectivity index (χ4n) is 2.67. The van der Waals surface area contributed by atoms with E-state index in [4.69, 9.17) is 11.1 Å². The first kappa shape index (κ1) is 14.0. The number of nitrogens with zero attached hydrogens (tertiary/aromatic N) is 3. The Bertz CT molecular complexity index is 888. The zero-order chi connectivity index (χ0) is 15.7. The standard InChI is InChI=1S/C18H17N3O/c1-13-7-5-6-9-21(13)18-12-15(19-3)11-16(14(18)2)17-8-10-22-20(17)4/h5-12H,1-2,4H3/q+2. The molecule has 108 valence electrons.